The van der Waals surface area contributed by atoms with E-state index >= 15 is 0 Å². The van der Waals surface area contributed by atoms with Crippen LogP contribution in [0.4, 0.5) is 0 Å². The zero-order valence-electron chi connectivity index (χ0n) is 5.52. The molecule has 0 nitrogen and oxygen atoms in total. The van der Waals surface area contributed by atoms with E-state index in [1.54, 1.807) is 6.92 Å². The topological polar surface area (TPSA) is 0 Å². The molecule has 1 rings (SSSR count). The smallest absolute Gasteiger partial charge is 1.00 e. The summed E-state index contributed by atoms with van der Waals surface area (Å²) < 4.78 is 0. The van der Waals surface area contributed by atoms with Gasteiger partial charge in [-0.3, -0.25) is 6.08 Å². The van der Waals surface area contributed by atoms with Gasteiger partial charge in [-0.25, -0.2) is 12.2 Å². The van der Waals surface area contributed by atoms with Crippen LogP contribution in [0.5, 0.6) is 0 Å². The molecule has 9 heavy (non-hydrogen) atoms. The third kappa shape index (κ3) is 12.0. The molecule has 0 N–H and O–H groups in total. The van der Waals surface area contributed by atoms with Crippen LogP contribution in [-0.2, 0) is 26.2 Å². The van der Waals surface area contributed by atoms with E-state index in [1.165, 1.54) is 0 Å². The summed E-state index contributed by atoms with van der Waals surface area (Å²) in [7, 11) is 0. The molecule has 0 amide bonds. The van der Waals surface area contributed by atoms with Crippen LogP contribution in [0.25, 0.3) is 0 Å². The first-order chi connectivity index (χ1) is 3.50. The fraction of sp³-hybridized carbons (Fsp3) is 0.286. The minimum Gasteiger partial charge on any atom is -1.00 e. The first-order valence-electron chi connectivity index (χ1n) is 2.42. The van der Waals surface area contributed by atoms with Gasteiger partial charge in [0.05, 0.1) is 0 Å². The second-order valence-electron chi connectivity index (χ2n) is 1.00. The molecule has 0 saturated carbocycles. The SMILES string of the molecule is [C-]1=CC=CC1.[CH2-]C.[Cl-].[Zr+3]. The van der Waals surface area contributed by atoms with Gasteiger partial charge in [-0.05, 0) is 0 Å². The molecule has 0 aromatic carbocycles. The van der Waals surface area contributed by atoms with Crippen LogP contribution in [0, 0.1) is 13.0 Å². The largest absolute Gasteiger partial charge is 3.00 e. The summed E-state index contributed by atoms with van der Waals surface area (Å²) in [5, 5.41) is 0. The summed E-state index contributed by atoms with van der Waals surface area (Å²) in [6, 6.07) is 0. The third-order valence-corrected chi connectivity index (χ3v) is 0.586. The van der Waals surface area contributed by atoms with Gasteiger partial charge in [0.25, 0.3) is 0 Å². The summed E-state index contributed by atoms with van der Waals surface area (Å²) in [6.45, 7) is 5.00. The van der Waals surface area contributed by atoms with E-state index in [9.17, 15) is 0 Å². The molecule has 0 atom stereocenters. The van der Waals surface area contributed by atoms with E-state index in [4.69, 9.17) is 0 Å². The van der Waals surface area contributed by atoms with Crippen molar-refractivity contribution in [1.29, 1.82) is 0 Å². The molecule has 49 valence electrons. The van der Waals surface area contributed by atoms with Gasteiger partial charge in [-0.15, -0.1) is 6.42 Å². The van der Waals surface area contributed by atoms with Crippen molar-refractivity contribution < 1.29 is 38.6 Å². The molecule has 0 aliphatic heterocycles. The van der Waals surface area contributed by atoms with Gasteiger partial charge in [0.2, 0.25) is 0 Å². The second-order valence-corrected chi connectivity index (χ2v) is 1.00. The standard InChI is InChI=1S/C5H5.C2H5.ClH.Zr/c1-2-4-5-3-1;1-2;;/h1-3H,4H2;1H2,2H3;1H;/q2*-1;;+3/p-1. The Morgan fingerprint density at radius 3 is 2.11 bits per heavy atom. The first kappa shape index (κ1) is 16.3. The Balaban J connectivity index is -0.0000000836. The van der Waals surface area contributed by atoms with Crippen LogP contribution in [0.15, 0.2) is 18.2 Å². The summed E-state index contributed by atoms with van der Waals surface area (Å²) in [4.78, 5) is 0. The third-order valence-electron chi connectivity index (χ3n) is 0.586. The van der Waals surface area contributed by atoms with Crippen molar-refractivity contribution in [2.24, 2.45) is 0 Å². The van der Waals surface area contributed by atoms with E-state index < -0.39 is 0 Å². The Bertz CT molecular complexity index is 67.0. The van der Waals surface area contributed by atoms with Crippen LogP contribution in [0.2, 0.25) is 0 Å². The van der Waals surface area contributed by atoms with Gasteiger partial charge in [-0.2, -0.15) is 13.0 Å². The maximum Gasteiger partial charge on any atom is 3.00 e. The molecule has 1 aliphatic rings. The molecule has 0 aromatic heterocycles. The molecule has 1 aliphatic carbocycles. The van der Waals surface area contributed by atoms with E-state index in [1.807, 2.05) is 12.2 Å². The number of allylic oxidation sites excluding steroid dienone is 4. The number of halogens is 1. The Hall–Kier alpha value is 0.653. The predicted molar refractivity (Wildman–Crippen MR) is 32.6 cm³/mol. The summed E-state index contributed by atoms with van der Waals surface area (Å²) in [6.07, 6.45) is 10.0. The van der Waals surface area contributed by atoms with Gasteiger partial charge in [0.15, 0.2) is 0 Å². The van der Waals surface area contributed by atoms with Gasteiger partial charge >= 0.3 is 26.2 Å². The van der Waals surface area contributed by atoms with Gasteiger partial charge in [0, 0.05) is 0 Å². The molecular weight excluding hydrogens is 211 g/mol. The van der Waals surface area contributed by atoms with Crippen molar-refractivity contribution in [2.75, 3.05) is 0 Å². The molecule has 0 fully saturated rings. The number of rotatable bonds is 0. The Morgan fingerprint density at radius 1 is 1.44 bits per heavy atom. The molecule has 0 heterocycles. The normalized spacial score (nSPS) is 10.4. The molecule has 0 aromatic rings. The zero-order chi connectivity index (χ0) is 5.54. The first-order valence-corrected chi connectivity index (χ1v) is 2.42. The Kier molecular flexibility index (Phi) is 28.8. The van der Waals surface area contributed by atoms with Gasteiger partial charge in [-0.1, -0.05) is 0 Å². The molecular formula is C7H10ClZr. The fourth-order valence-electron chi connectivity index (χ4n) is 0.340. The van der Waals surface area contributed by atoms with Crippen molar-refractivity contribution in [1.82, 2.24) is 0 Å². The van der Waals surface area contributed by atoms with Crippen molar-refractivity contribution in [3.63, 3.8) is 0 Å². The summed E-state index contributed by atoms with van der Waals surface area (Å²) in [5.41, 5.74) is 0. The zero-order valence-corrected chi connectivity index (χ0v) is 8.74. The second kappa shape index (κ2) is 15.9. The minimum atomic E-state index is 0. The molecule has 2 heteroatoms. The minimum absolute atomic E-state index is 0. The molecule has 0 unspecified atom stereocenters. The monoisotopic (exact) mass is 219 g/mol. The van der Waals surface area contributed by atoms with Crippen molar-refractivity contribution >= 4 is 0 Å². The number of hydrogen-bond donors (Lipinski definition) is 0. The molecule has 0 spiro atoms. The fourth-order valence-corrected chi connectivity index (χ4v) is 0.340. The van der Waals surface area contributed by atoms with Gasteiger partial charge < -0.3 is 19.3 Å². The average Bonchev–Trinajstić information content (AvgIpc) is 2.23. The predicted octanol–water partition coefficient (Wildman–Crippen LogP) is -0.852. The molecule has 1 radical (unpaired) electrons. The van der Waals surface area contributed by atoms with Gasteiger partial charge in [0.1, 0.15) is 0 Å². The van der Waals surface area contributed by atoms with Crippen LogP contribution in [0.1, 0.15) is 13.3 Å². The van der Waals surface area contributed by atoms with E-state index in [0.29, 0.717) is 0 Å². The van der Waals surface area contributed by atoms with Crippen LogP contribution in [0.3, 0.4) is 0 Å². The maximum absolute atomic E-state index is 3.25. The summed E-state index contributed by atoms with van der Waals surface area (Å²) in [5.74, 6) is 0. The maximum atomic E-state index is 3.25. The quantitative estimate of drug-likeness (QED) is 0.467. The van der Waals surface area contributed by atoms with Crippen molar-refractivity contribution in [3.8, 4) is 0 Å². The van der Waals surface area contributed by atoms with E-state index in [-0.39, 0.29) is 38.6 Å². The molecule has 0 saturated heterocycles. The van der Waals surface area contributed by atoms with Crippen LogP contribution < -0.4 is 12.4 Å². The van der Waals surface area contributed by atoms with Crippen molar-refractivity contribution in [3.05, 3.63) is 31.2 Å². The van der Waals surface area contributed by atoms with Crippen LogP contribution in [-0.4, -0.2) is 0 Å². The summed E-state index contributed by atoms with van der Waals surface area (Å²) >= 11 is 0. The van der Waals surface area contributed by atoms with E-state index in [2.05, 4.69) is 19.1 Å². The van der Waals surface area contributed by atoms with E-state index in [0.717, 1.165) is 6.42 Å². The Labute approximate surface area is 83.0 Å². The Morgan fingerprint density at radius 2 is 2.00 bits per heavy atom. The average molecular weight is 221 g/mol. The van der Waals surface area contributed by atoms with Crippen LogP contribution >= 0.6 is 0 Å². The molecule has 0 bridgehead atoms. The number of hydrogen-bond acceptors (Lipinski definition) is 0. The van der Waals surface area contributed by atoms with Crippen molar-refractivity contribution in [2.45, 2.75) is 13.3 Å².